The average molecular weight is 383 g/mol. The third-order valence-electron chi connectivity index (χ3n) is 6.54. The molecule has 4 N–H and O–H groups in total. The molecule has 0 bridgehead atoms. The summed E-state index contributed by atoms with van der Waals surface area (Å²) in [5, 5.41) is 15.8. The Morgan fingerprint density at radius 1 is 1.14 bits per heavy atom. The SMILES string of the molecule is Cc1cc(C)cc(C2=CCNC(C(=O)C3NCC4(CC4)CC3C(=O)NO)C2)c1. The molecule has 150 valence electrons. The third-order valence-corrected chi connectivity index (χ3v) is 6.54. The zero-order valence-corrected chi connectivity index (χ0v) is 16.5. The standard InChI is InChI=1S/C22H29N3O3/c1-13-7-14(2)9-16(8-13)15-3-6-23-18(10-15)20(26)19-17(21(27)25-28)11-22(4-5-22)12-24-19/h3,7-9,17-19,23-24,28H,4-6,10-12H2,1-2H3,(H,25,27). The maximum Gasteiger partial charge on any atom is 0.248 e. The van der Waals surface area contributed by atoms with E-state index in [1.807, 2.05) is 0 Å². The second kappa shape index (κ2) is 7.43. The van der Waals surface area contributed by atoms with Crippen molar-refractivity contribution in [3.8, 4) is 0 Å². The number of rotatable bonds is 4. The normalized spacial score (nSPS) is 28.5. The molecule has 1 aromatic carbocycles. The number of carbonyl (C=O) groups is 2. The van der Waals surface area contributed by atoms with Gasteiger partial charge in [0.1, 0.15) is 0 Å². The van der Waals surface area contributed by atoms with E-state index < -0.39 is 17.9 Å². The van der Waals surface area contributed by atoms with Crippen molar-refractivity contribution in [2.45, 2.75) is 51.6 Å². The number of nitrogens with one attached hydrogen (secondary N) is 3. The molecule has 4 rings (SSSR count). The Bertz CT molecular complexity index is 808. The maximum absolute atomic E-state index is 13.3. The lowest BCUT2D eigenvalue weighted by Crippen LogP contribution is -2.59. The van der Waals surface area contributed by atoms with Crippen LogP contribution in [0.2, 0.25) is 0 Å². The Morgan fingerprint density at radius 3 is 2.50 bits per heavy atom. The van der Waals surface area contributed by atoms with Crippen LogP contribution in [0.3, 0.4) is 0 Å². The molecule has 0 radical (unpaired) electrons. The van der Waals surface area contributed by atoms with Crippen LogP contribution >= 0.6 is 0 Å². The molecule has 2 heterocycles. The van der Waals surface area contributed by atoms with E-state index in [2.05, 4.69) is 48.8 Å². The van der Waals surface area contributed by atoms with Gasteiger partial charge in [-0.3, -0.25) is 14.8 Å². The lowest BCUT2D eigenvalue weighted by Gasteiger charge is -2.37. The van der Waals surface area contributed by atoms with Gasteiger partial charge in [0.25, 0.3) is 0 Å². The molecule has 0 aromatic heterocycles. The lowest BCUT2D eigenvalue weighted by atomic mass is 9.78. The number of amides is 1. The monoisotopic (exact) mass is 383 g/mol. The first-order valence-electron chi connectivity index (χ1n) is 10.1. The fourth-order valence-corrected chi connectivity index (χ4v) is 4.82. The summed E-state index contributed by atoms with van der Waals surface area (Å²) in [5.41, 5.74) is 6.66. The number of Topliss-reactive ketones (excluding diaryl/α,β-unsaturated/α-hetero) is 1. The zero-order valence-electron chi connectivity index (χ0n) is 16.5. The van der Waals surface area contributed by atoms with E-state index in [9.17, 15) is 9.59 Å². The Labute approximate surface area is 165 Å². The molecule has 3 atom stereocenters. The van der Waals surface area contributed by atoms with Crippen LogP contribution in [0.1, 0.15) is 42.4 Å². The molecular weight excluding hydrogens is 354 g/mol. The summed E-state index contributed by atoms with van der Waals surface area (Å²) in [7, 11) is 0. The van der Waals surface area contributed by atoms with Gasteiger partial charge >= 0.3 is 0 Å². The van der Waals surface area contributed by atoms with Crippen molar-refractivity contribution >= 4 is 17.3 Å². The lowest BCUT2D eigenvalue weighted by molar-refractivity contribution is -0.140. The molecule has 2 fully saturated rings. The van der Waals surface area contributed by atoms with Gasteiger partial charge < -0.3 is 10.6 Å². The molecular formula is C22H29N3O3. The summed E-state index contributed by atoms with van der Waals surface area (Å²) < 4.78 is 0. The Morgan fingerprint density at radius 2 is 1.86 bits per heavy atom. The van der Waals surface area contributed by atoms with E-state index in [1.54, 1.807) is 5.48 Å². The number of hydrogen-bond acceptors (Lipinski definition) is 5. The Kier molecular flexibility index (Phi) is 5.12. The van der Waals surface area contributed by atoms with Crippen LogP contribution in [0, 0.1) is 25.2 Å². The van der Waals surface area contributed by atoms with Gasteiger partial charge in [0.2, 0.25) is 5.91 Å². The quantitative estimate of drug-likeness (QED) is 0.471. The van der Waals surface area contributed by atoms with E-state index >= 15 is 0 Å². The van der Waals surface area contributed by atoms with Crippen molar-refractivity contribution in [2.24, 2.45) is 11.3 Å². The Hall–Kier alpha value is -2.02. The number of hydroxylamine groups is 1. The molecule has 1 spiro atoms. The maximum atomic E-state index is 13.3. The molecule has 6 heteroatoms. The highest BCUT2D eigenvalue weighted by atomic mass is 16.5. The van der Waals surface area contributed by atoms with Gasteiger partial charge in [0.15, 0.2) is 5.78 Å². The van der Waals surface area contributed by atoms with Crippen molar-refractivity contribution < 1.29 is 14.8 Å². The number of hydrogen-bond donors (Lipinski definition) is 4. The number of carbonyl (C=O) groups excluding carboxylic acids is 2. The van der Waals surface area contributed by atoms with Gasteiger partial charge in [-0.2, -0.15) is 0 Å². The topological polar surface area (TPSA) is 90.5 Å². The van der Waals surface area contributed by atoms with Gasteiger partial charge in [0, 0.05) is 13.1 Å². The van der Waals surface area contributed by atoms with Crippen LogP contribution in [-0.4, -0.2) is 42.1 Å². The molecule has 3 aliphatic rings. The smallest absolute Gasteiger partial charge is 0.248 e. The summed E-state index contributed by atoms with van der Waals surface area (Å²) in [5.74, 6) is -0.970. The van der Waals surface area contributed by atoms with Crippen LogP contribution < -0.4 is 16.1 Å². The van der Waals surface area contributed by atoms with Crippen molar-refractivity contribution in [3.05, 3.63) is 41.0 Å². The zero-order chi connectivity index (χ0) is 19.9. The van der Waals surface area contributed by atoms with Crippen molar-refractivity contribution in [2.75, 3.05) is 13.1 Å². The summed E-state index contributed by atoms with van der Waals surface area (Å²) in [6.45, 7) is 5.56. The van der Waals surface area contributed by atoms with Crippen LogP contribution in [0.5, 0.6) is 0 Å². The van der Waals surface area contributed by atoms with Crippen molar-refractivity contribution in [1.82, 2.24) is 16.1 Å². The molecule has 3 unspecified atom stereocenters. The number of benzene rings is 1. The highest BCUT2D eigenvalue weighted by molar-refractivity contribution is 5.96. The minimum atomic E-state index is -0.561. The number of aryl methyl sites for hydroxylation is 2. The molecule has 1 aromatic rings. The summed E-state index contributed by atoms with van der Waals surface area (Å²) >= 11 is 0. The summed E-state index contributed by atoms with van der Waals surface area (Å²) in [6.07, 6.45) is 5.58. The van der Waals surface area contributed by atoms with E-state index in [-0.39, 0.29) is 17.2 Å². The Balaban J connectivity index is 1.51. The van der Waals surface area contributed by atoms with Gasteiger partial charge in [-0.05, 0) is 56.1 Å². The van der Waals surface area contributed by atoms with E-state index in [0.29, 0.717) is 19.4 Å². The highest BCUT2D eigenvalue weighted by Crippen LogP contribution is 2.52. The predicted octanol–water partition coefficient (Wildman–Crippen LogP) is 1.88. The minimum Gasteiger partial charge on any atom is -0.306 e. The van der Waals surface area contributed by atoms with Crippen LogP contribution in [-0.2, 0) is 9.59 Å². The molecule has 1 amide bonds. The average Bonchev–Trinajstić information content (AvgIpc) is 3.44. The molecule has 6 nitrogen and oxygen atoms in total. The number of piperidine rings is 1. The third kappa shape index (κ3) is 3.77. The predicted molar refractivity (Wildman–Crippen MR) is 107 cm³/mol. The van der Waals surface area contributed by atoms with Gasteiger partial charge in [0.05, 0.1) is 18.0 Å². The number of ketones is 1. The molecule has 1 saturated carbocycles. The fourth-order valence-electron chi connectivity index (χ4n) is 4.82. The largest absolute Gasteiger partial charge is 0.306 e. The van der Waals surface area contributed by atoms with Gasteiger partial charge in [-0.25, -0.2) is 5.48 Å². The highest BCUT2D eigenvalue weighted by Gasteiger charge is 2.52. The molecule has 1 saturated heterocycles. The fraction of sp³-hybridized carbons (Fsp3) is 0.545. The van der Waals surface area contributed by atoms with Crippen molar-refractivity contribution in [3.63, 3.8) is 0 Å². The first-order valence-corrected chi connectivity index (χ1v) is 10.1. The van der Waals surface area contributed by atoms with E-state index in [1.165, 1.54) is 16.7 Å². The molecule has 28 heavy (non-hydrogen) atoms. The molecule has 1 aliphatic carbocycles. The van der Waals surface area contributed by atoms with Gasteiger partial charge in [-0.15, -0.1) is 0 Å². The van der Waals surface area contributed by atoms with Crippen molar-refractivity contribution in [1.29, 1.82) is 0 Å². The molecule has 2 aliphatic heterocycles. The van der Waals surface area contributed by atoms with Crippen LogP contribution in [0.15, 0.2) is 24.3 Å². The second-order valence-electron chi connectivity index (χ2n) is 8.82. The summed E-state index contributed by atoms with van der Waals surface area (Å²) in [6, 6.07) is 5.56. The first kappa shape index (κ1) is 19.3. The minimum absolute atomic E-state index is 0.0130. The van der Waals surface area contributed by atoms with Crippen LogP contribution in [0.4, 0.5) is 0 Å². The van der Waals surface area contributed by atoms with E-state index in [0.717, 1.165) is 24.9 Å². The van der Waals surface area contributed by atoms with E-state index in [4.69, 9.17) is 5.21 Å². The van der Waals surface area contributed by atoms with Gasteiger partial charge in [-0.1, -0.05) is 35.4 Å². The second-order valence-corrected chi connectivity index (χ2v) is 8.82. The first-order chi connectivity index (χ1) is 13.4. The summed E-state index contributed by atoms with van der Waals surface area (Å²) in [4.78, 5) is 25.6. The van der Waals surface area contributed by atoms with Crippen LogP contribution in [0.25, 0.3) is 5.57 Å².